The van der Waals surface area contributed by atoms with Gasteiger partial charge in [0.25, 0.3) is 0 Å². The Morgan fingerprint density at radius 2 is 2.29 bits per heavy atom. The van der Waals surface area contributed by atoms with Crippen molar-refractivity contribution in [3.63, 3.8) is 0 Å². The molecular formula is C10H14ClNOS. The molecule has 1 rings (SSSR count). The van der Waals surface area contributed by atoms with Gasteiger partial charge in [-0.15, -0.1) is 0 Å². The molecule has 0 aliphatic rings. The number of nitrogens with one attached hydrogen (secondary N) is 1. The molecule has 0 radical (unpaired) electrons. The molecule has 0 heterocycles. The van der Waals surface area contributed by atoms with Crippen molar-refractivity contribution in [2.45, 2.75) is 11.8 Å². The molecule has 0 aliphatic heterocycles. The fourth-order valence-corrected chi connectivity index (χ4v) is 2.38. The number of hydrogen-bond donors (Lipinski definition) is 1. The SMILES string of the molecule is CCNCCS(=O)c1cccc(Cl)c1. The van der Waals surface area contributed by atoms with Crippen molar-refractivity contribution in [1.29, 1.82) is 0 Å². The fourth-order valence-electron chi connectivity index (χ4n) is 1.07. The van der Waals surface area contributed by atoms with E-state index in [-0.39, 0.29) is 0 Å². The zero-order chi connectivity index (χ0) is 10.4. The number of rotatable bonds is 5. The lowest BCUT2D eigenvalue weighted by Crippen LogP contribution is -2.19. The van der Waals surface area contributed by atoms with Crippen molar-refractivity contribution >= 4 is 22.4 Å². The molecule has 0 saturated carbocycles. The van der Waals surface area contributed by atoms with E-state index < -0.39 is 10.8 Å². The molecule has 1 aromatic carbocycles. The van der Waals surface area contributed by atoms with Gasteiger partial charge in [0.2, 0.25) is 0 Å². The highest BCUT2D eigenvalue weighted by molar-refractivity contribution is 7.85. The Kier molecular flexibility index (Phi) is 5.15. The second-order valence-corrected chi connectivity index (χ2v) is 4.87. The zero-order valence-electron chi connectivity index (χ0n) is 8.13. The molecule has 1 aromatic rings. The van der Waals surface area contributed by atoms with E-state index in [1.807, 2.05) is 19.1 Å². The number of benzene rings is 1. The molecule has 0 spiro atoms. The van der Waals surface area contributed by atoms with E-state index in [1.165, 1.54) is 0 Å². The minimum atomic E-state index is -0.942. The van der Waals surface area contributed by atoms with Gasteiger partial charge in [0.1, 0.15) is 0 Å². The lowest BCUT2D eigenvalue weighted by atomic mass is 10.4. The molecule has 4 heteroatoms. The maximum atomic E-state index is 11.7. The first-order valence-electron chi connectivity index (χ1n) is 4.58. The van der Waals surface area contributed by atoms with Gasteiger partial charge in [-0.25, -0.2) is 0 Å². The average Bonchev–Trinajstić information content (AvgIpc) is 2.18. The normalized spacial score (nSPS) is 12.7. The Balaban J connectivity index is 2.52. The van der Waals surface area contributed by atoms with Crippen LogP contribution in [0.2, 0.25) is 5.02 Å². The summed E-state index contributed by atoms with van der Waals surface area (Å²) in [5, 5.41) is 3.78. The Bertz CT molecular complexity index is 317. The third-order valence-electron chi connectivity index (χ3n) is 1.77. The largest absolute Gasteiger partial charge is 0.316 e. The first-order valence-corrected chi connectivity index (χ1v) is 6.28. The van der Waals surface area contributed by atoms with Gasteiger partial charge >= 0.3 is 0 Å². The molecule has 0 bridgehead atoms. The van der Waals surface area contributed by atoms with Crippen LogP contribution in [0.1, 0.15) is 6.92 Å². The summed E-state index contributed by atoms with van der Waals surface area (Å²) in [4.78, 5) is 0.801. The van der Waals surface area contributed by atoms with Gasteiger partial charge in [-0.1, -0.05) is 24.6 Å². The monoisotopic (exact) mass is 231 g/mol. The van der Waals surface area contributed by atoms with Crippen molar-refractivity contribution in [3.05, 3.63) is 29.3 Å². The minimum absolute atomic E-state index is 0.633. The third-order valence-corrected chi connectivity index (χ3v) is 3.36. The van der Waals surface area contributed by atoms with E-state index in [9.17, 15) is 4.21 Å². The minimum Gasteiger partial charge on any atom is -0.316 e. The second-order valence-electron chi connectivity index (χ2n) is 2.86. The fraction of sp³-hybridized carbons (Fsp3) is 0.400. The van der Waals surface area contributed by atoms with Gasteiger partial charge in [0.15, 0.2) is 0 Å². The van der Waals surface area contributed by atoms with Crippen LogP contribution < -0.4 is 5.32 Å². The summed E-state index contributed by atoms with van der Waals surface area (Å²) < 4.78 is 11.7. The van der Waals surface area contributed by atoms with Gasteiger partial charge < -0.3 is 5.32 Å². The Hall–Kier alpha value is -0.380. The van der Waals surface area contributed by atoms with Gasteiger partial charge in [-0.2, -0.15) is 0 Å². The van der Waals surface area contributed by atoms with E-state index in [4.69, 9.17) is 11.6 Å². The van der Waals surface area contributed by atoms with Crippen LogP contribution in [-0.2, 0) is 10.8 Å². The summed E-state index contributed by atoms with van der Waals surface area (Å²) in [6.45, 7) is 3.71. The van der Waals surface area contributed by atoms with Gasteiger partial charge in [0, 0.05) is 22.2 Å². The van der Waals surface area contributed by atoms with E-state index in [1.54, 1.807) is 12.1 Å². The van der Waals surface area contributed by atoms with Crippen LogP contribution >= 0.6 is 11.6 Å². The molecular weight excluding hydrogens is 218 g/mol. The standard InChI is InChI=1S/C10H14ClNOS/c1-2-12-6-7-14(13)10-5-3-4-9(11)8-10/h3-5,8,12H,2,6-7H2,1H3. The Morgan fingerprint density at radius 1 is 1.50 bits per heavy atom. The molecule has 1 N–H and O–H groups in total. The van der Waals surface area contributed by atoms with Crippen molar-refractivity contribution < 1.29 is 4.21 Å². The highest BCUT2D eigenvalue weighted by Gasteiger charge is 2.02. The van der Waals surface area contributed by atoms with Crippen molar-refractivity contribution in [3.8, 4) is 0 Å². The van der Waals surface area contributed by atoms with Crippen molar-refractivity contribution in [2.24, 2.45) is 0 Å². The van der Waals surface area contributed by atoms with Crippen LogP contribution in [0, 0.1) is 0 Å². The molecule has 1 atom stereocenters. The third kappa shape index (κ3) is 3.78. The molecule has 14 heavy (non-hydrogen) atoms. The number of halogens is 1. The number of hydrogen-bond acceptors (Lipinski definition) is 2. The highest BCUT2D eigenvalue weighted by Crippen LogP contribution is 2.13. The van der Waals surface area contributed by atoms with Crippen LogP contribution in [0.5, 0.6) is 0 Å². The Morgan fingerprint density at radius 3 is 2.93 bits per heavy atom. The first kappa shape index (κ1) is 11.7. The van der Waals surface area contributed by atoms with Gasteiger partial charge in [-0.3, -0.25) is 4.21 Å². The first-order chi connectivity index (χ1) is 6.74. The molecule has 0 aliphatic carbocycles. The molecule has 2 nitrogen and oxygen atoms in total. The van der Waals surface area contributed by atoms with E-state index in [0.717, 1.165) is 18.0 Å². The van der Waals surface area contributed by atoms with E-state index in [2.05, 4.69) is 5.32 Å². The topological polar surface area (TPSA) is 29.1 Å². The van der Waals surface area contributed by atoms with Crippen molar-refractivity contribution in [1.82, 2.24) is 5.32 Å². The van der Waals surface area contributed by atoms with Crippen LogP contribution in [0.15, 0.2) is 29.2 Å². The maximum Gasteiger partial charge on any atom is 0.0542 e. The van der Waals surface area contributed by atoms with Crippen LogP contribution in [-0.4, -0.2) is 23.1 Å². The highest BCUT2D eigenvalue weighted by atomic mass is 35.5. The van der Waals surface area contributed by atoms with Gasteiger partial charge in [0.05, 0.1) is 10.8 Å². The van der Waals surface area contributed by atoms with Crippen molar-refractivity contribution in [2.75, 3.05) is 18.8 Å². The predicted octanol–water partition coefficient (Wildman–Crippen LogP) is 2.06. The summed E-state index contributed by atoms with van der Waals surface area (Å²) in [5.74, 6) is 0.633. The predicted molar refractivity (Wildman–Crippen MR) is 61.3 cm³/mol. The lowest BCUT2D eigenvalue weighted by Gasteiger charge is -2.02. The molecule has 0 fully saturated rings. The summed E-state index contributed by atoms with van der Waals surface area (Å²) in [5.41, 5.74) is 0. The Labute approximate surface area is 92.1 Å². The van der Waals surface area contributed by atoms with Crippen LogP contribution in [0.4, 0.5) is 0 Å². The van der Waals surface area contributed by atoms with E-state index in [0.29, 0.717) is 10.8 Å². The van der Waals surface area contributed by atoms with Gasteiger partial charge in [-0.05, 0) is 24.7 Å². The van der Waals surface area contributed by atoms with Crippen LogP contribution in [0.3, 0.4) is 0 Å². The summed E-state index contributed by atoms with van der Waals surface area (Å²) in [6, 6.07) is 7.20. The summed E-state index contributed by atoms with van der Waals surface area (Å²) in [6.07, 6.45) is 0. The zero-order valence-corrected chi connectivity index (χ0v) is 9.70. The van der Waals surface area contributed by atoms with Crippen LogP contribution in [0.25, 0.3) is 0 Å². The molecule has 78 valence electrons. The molecule has 0 amide bonds. The average molecular weight is 232 g/mol. The molecule has 0 aromatic heterocycles. The molecule has 0 saturated heterocycles. The molecule has 1 unspecified atom stereocenters. The van der Waals surface area contributed by atoms with E-state index >= 15 is 0 Å². The summed E-state index contributed by atoms with van der Waals surface area (Å²) >= 11 is 5.80. The maximum absolute atomic E-state index is 11.7. The summed E-state index contributed by atoms with van der Waals surface area (Å²) in [7, 11) is -0.942. The quantitative estimate of drug-likeness (QED) is 0.786. The second kappa shape index (κ2) is 6.17. The lowest BCUT2D eigenvalue weighted by molar-refractivity contribution is 0.677. The smallest absolute Gasteiger partial charge is 0.0542 e.